The lowest BCUT2D eigenvalue weighted by atomic mass is 9.90. The molecule has 0 saturated carbocycles. The van der Waals surface area contributed by atoms with Gasteiger partial charge in [-0.2, -0.15) is 13.6 Å². The van der Waals surface area contributed by atoms with Crippen LogP contribution in [0.15, 0.2) is 75.1 Å². The minimum atomic E-state index is -5.83. The number of benzene rings is 3. The zero-order valence-corrected chi connectivity index (χ0v) is 53.0. The first-order valence-electron chi connectivity index (χ1n) is 27.2. The van der Waals surface area contributed by atoms with Crippen LogP contribution >= 0.6 is 45.1 Å². The first-order valence-corrected chi connectivity index (χ1v) is 34.0. The van der Waals surface area contributed by atoms with Crippen molar-refractivity contribution >= 4 is 85.6 Å². The fraction of sp³-hybridized carbons (Fsp3) is 0.462. The van der Waals surface area contributed by atoms with E-state index >= 15 is 0 Å². The molecule has 6 rings (SSSR count). The molecule has 1 fully saturated rings. The smallest absolute Gasteiger partial charge is 0.456 e. The number of phosphoric ester groups is 1. The van der Waals surface area contributed by atoms with Gasteiger partial charge in [-0.25, -0.2) is 28.1 Å². The summed E-state index contributed by atoms with van der Waals surface area (Å²) in [6.45, 7) is 6.56. The van der Waals surface area contributed by atoms with Crippen molar-refractivity contribution in [1.29, 1.82) is 5.41 Å². The lowest BCUT2D eigenvalue weighted by Crippen LogP contribution is -2.30. The number of azide groups is 1. The van der Waals surface area contributed by atoms with Crippen molar-refractivity contribution in [3.63, 3.8) is 0 Å². The summed E-state index contributed by atoms with van der Waals surface area (Å²) in [6, 6.07) is 16.2. The second-order valence-corrected chi connectivity index (χ2v) is 27.2. The number of aryl methyl sites for hydroxylation is 1. The van der Waals surface area contributed by atoms with Crippen LogP contribution < -0.4 is 38.5 Å². The lowest BCUT2D eigenvalue weighted by Gasteiger charge is -2.22. The fourth-order valence-corrected chi connectivity index (χ4v) is 13.6. The highest BCUT2D eigenvalue weighted by molar-refractivity contribution is 8.77. The third-order valence-corrected chi connectivity index (χ3v) is 19.3. The van der Waals surface area contributed by atoms with E-state index in [-0.39, 0.29) is 87.7 Å². The number of nitrogens with one attached hydrogen (secondary N) is 4. The maximum atomic E-state index is 13.2. The molecule has 3 heterocycles. The third-order valence-electron chi connectivity index (χ3n) is 12.4. The summed E-state index contributed by atoms with van der Waals surface area (Å²) in [5.74, 6) is 5.70. The molecule has 0 radical (unpaired) electrons. The van der Waals surface area contributed by atoms with Crippen LogP contribution in [0.4, 0.5) is 21.1 Å². The average molecular weight is 1360 g/mol. The van der Waals surface area contributed by atoms with Gasteiger partial charge >= 0.3 is 41.3 Å². The number of hydrogen-bond acceptors (Lipinski definition) is 25. The molecule has 3 amide bonds. The highest BCUT2D eigenvalue weighted by Crippen LogP contribution is 2.66. The summed E-state index contributed by atoms with van der Waals surface area (Å²) < 4.78 is 92.4. The molecule has 38 heteroatoms. The van der Waals surface area contributed by atoms with E-state index in [0.717, 1.165) is 32.2 Å². The Kier molecular flexibility index (Phi) is 28.0. The number of anilines is 2. The van der Waals surface area contributed by atoms with E-state index in [4.69, 9.17) is 69.8 Å². The molecule has 5 atom stereocenters. The van der Waals surface area contributed by atoms with Crippen LogP contribution in [0.5, 0.6) is 0 Å². The van der Waals surface area contributed by atoms with Crippen LogP contribution in [0.1, 0.15) is 67.2 Å². The number of nitrogen functional groups attached to an aromatic ring is 2. The SMILES string of the molecule is Cc1ccc(C(=O)NCCOCCOCCNC(=O)OCCC(C)(C)SSCOCCCCOC(=O)NCC#Cc2cn([C@H]3CC(OCN=[N+]=[N-])[C@@H](COP(=O)(O)OP(=O)(O)OP(=O)(O)O)O3)c(=O)nc2N)cc1-c1c2ccc(=N)cc-2oc2cc(N)ccc12. The van der Waals surface area contributed by atoms with Crippen LogP contribution in [0, 0.1) is 24.2 Å². The van der Waals surface area contributed by atoms with Gasteiger partial charge in [0.05, 0.1) is 69.8 Å². The van der Waals surface area contributed by atoms with E-state index < -0.39 is 73.1 Å². The molecular weight excluding hydrogens is 1290 g/mol. The van der Waals surface area contributed by atoms with Gasteiger partial charge < -0.3 is 90.0 Å². The molecule has 1 saturated heterocycles. The zero-order valence-electron chi connectivity index (χ0n) is 48.7. The number of carbonyl (C=O) groups excluding carboxylic acids is 3. The molecule has 3 aromatic rings. The van der Waals surface area contributed by atoms with Crippen LogP contribution in [0.3, 0.4) is 0 Å². The molecule has 1 aromatic heterocycles. The predicted octanol–water partition coefficient (Wildman–Crippen LogP) is 6.57. The Bertz CT molecular complexity index is 3660. The van der Waals surface area contributed by atoms with Crippen molar-refractivity contribution in [2.75, 3.05) is 96.6 Å². The van der Waals surface area contributed by atoms with Crippen molar-refractivity contribution in [2.24, 2.45) is 5.11 Å². The molecule has 490 valence electrons. The van der Waals surface area contributed by atoms with Gasteiger partial charge in [-0.3, -0.25) is 13.9 Å². The number of amides is 3. The van der Waals surface area contributed by atoms with Gasteiger partial charge in [0.15, 0.2) is 0 Å². The molecule has 0 bridgehead atoms. The van der Waals surface area contributed by atoms with Crippen molar-refractivity contribution in [3.05, 3.63) is 104 Å². The first kappa shape index (κ1) is 72.5. The number of aromatic nitrogens is 2. The largest absolute Gasteiger partial charge is 0.490 e. The Hall–Kier alpha value is -6.60. The van der Waals surface area contributed by atoms with Crippen molar-refractivity contribution < 1.29 is 98.4 Å². The molecule has 12 N–H and O–H groups in total. The highest BCUT2D eigenvalue weighted by atomic mass is 33.1. The molecule has 1 aliphatic carbocycles. The third kappa shape index (κ3) is 24.2. The highest BCUT2D eigenvalue weighted by Gasteiger charge is 2.44. The van der Waals surface area contributed by atoms with E-state index in [0.29, 0.717) is 59.8 Å². The van der Waals surface area contributed by atoms with Gasteiger partial charge in [-0.1, -0.05) is 44.6 Å². The quantitative estimate of drug-likeness (QED) is 0.00196. The number of rotatable bonds is 35. The van der Waals surface area contributed by atoms with Gasteiger partial charge in [0, 0.05) is 81.9 Å². The summed E-state index contributed by atoms with van der Waals surface area (Å²) in [5, 5.41) is 20.5. The normalized spacial score (nSPS) is 16.3. The summed E-state index contributed by atoms with van der Waals surface area (Å²) >= 11 is 0. The van der Waals surface area contributed by atoms with E-state index in [2.05, 4.69) is 55.9 Å². The molecule has 3 unspecified atom stereocenters. The van der Waals surface area contributed by atoms with E-state index in [9.17, 15) is 42.7 Å². The van der Waals surface area contributed by atoms with Gasteiger partial charge in [0.25, 0.3) is 5.91 Å². The second kappa shape index (κ2) is 34.7. The van der Waals surface area contributed by atoms with Crippen LogP contribution in [-0.4, -0.2) is 149 Å². The zero-order chi connectivity index (χ0) is 65.5. The van der Waals surface area contributed by atoms with Crippen molar-refractivity contribution in [3.8, 4) is 34.3 Å². The lowest BCUT2D eigenvalue weighted by molar-refractivity contribution is -0.0601. The molecule has 2 aromatic carbocycles. The number of nitrogens with zero attached hydrogens (tertiary/aromatic N) is 5. The topological polar surface area (TPSA) is 484 Å². The van der Waals surface area contributed by atoms with E-state index in [1.165, 1.54) is 17.0 Å². The Morgan fingerprint density at radius 1 is 0.889 bits per heavy atom. The number of nitrogens with two attached hydrogens (primary N) is 2. The first-order chi connectivity index (χ1) is 42.7. The monoisotopic (exact) mass is 1360 g/mol. The molecule has 2 aliphatic heterocycles. The Balaban J connectivity index is 0.766. The van der Waals surface area contributed by atoms with Crippen LogP contribution in [0.25, 0.3) is 43.9 Å². The van der Waals surface area contributed by atoms with Crippen LogP contribution in [-0.2, 0) is 60.0 Å². The number of hydrogen-bond donors (Lipinski definition) is 10. The average Bonchev–Trinajstić information content (AvgIpc) is 1.58. The second-order valence-electron chi connectivity index (χ2n) is 19.8. The standard InChI is InChI=1S/C52H68N11O22P3S2/c1-33-8-9-34(25-40(33)46-38-12-10-36(53)26-41(38)82-42-27-37(54)11-13-39(42)46)48(64)57-16-21-75-23-24-76-22-17-59-51(67)79-20-14-52(2,3)90-89-32-77-18-4-5-19-78-50(66)58-15-6-7-35-29-63(49(65)61-47(35)55)45-28-43(80-31-60-62-56)44(83-45)30-81-87(71,72)85-88(73,74)84-86(68,69)70/h8-13,25-27,29,43-45,53H,4-5,14-24,28,30-32,54H2,1-3H3,(H,57,64)(H,58,66)(H,59,67)(H,71,72)(H,73,74)(H2,55,61,65)(H2,68,69,70)/t43?,44-,45-/m1/s1. The minimum absolute atomic E-state index is 0.0171. The predicted molar refractivity (Wildman–Crippen MR) is 327 cm³/mol. The number of alkyl carbamates (subject to hydrolysis) is 2. The maximum Gasteiger partial charge on any atom is 0.490 e. The number of carbonyl (C=O) groups is 3. The van der Waals surface area contributed by atoms with Crippen molar-refractivity contribution in [1.82, 2.24) is 25.5 Å². The molecule has 33 nitrogen and oxygen atoms in total. The van der Waals surface area contributed by atoms with Gasteiger partial charge in [-0.15, -0.1) is 0 Å². The van der Waals surface area contributed by atoms with E-state index in [1.54, 1.807) is 41.1 Å². The van der Waals surface area contributed by atoms with Crippen LogP contribution in [0.2, 0.25) is 0 Å². The summed E-state index contributed by atoms with van der Waals surface area (Å²) in [7, 11) is -14.0. The molecular formula is C52H68N11O22P3S2. The van der Waals surface area contributed by atoms with Gasteiger partial charge in [0.1, 0.15) is 42.2 Å². The van der Waals surface area contributed by atoms with E-state index in [1.807, 2.05) is 45.0 Å². The Morgan fingerprint density at radius 3 is 2.36 bits per heavy atom. The molecule has 3 aliphatic rings. The molecule has 90 heavy (non-hydrogen) atoms. The molecule has 0 spiro atoms. The summed E-state index contributed by atoms with van der Waals surface area (Å²) in [6.07, 6.45) is -2.39. The summed E-state index contributed by atoms with van der Waals surface area (Å²) in [4.78, 5) is 93.7. The maximum absolute atomic E-state index is 13.2. The summed E-state index contributed by atoms with van der Waals surface area (Å²) in [5.41, 5.74) is 24.8. The fourth-order valence-electron chi connectivity index (χ4n) is 8.26. The number of ether oxygens (including phenoxy) is 7. The van der Waals surface area contributed by atoms with Crippen molar-refractivity contribution in [2.45, 2.75) is 69.6 Å². The Morgan fingerprint density at radius 2 is 1.61 bits per heavy atom. The minimum Gasteiger partial charge on any atom is -0.456 e. The number of fused-ring (bicyclic) bond motifs is 2. The number of phosphoric acid groups is 3. The number of unbranched alkanes of at least 4 members (excludes halogenated alkanes) is 1. The van der Waals surface area contributed by atoms with Gasteiger partial charge in [-0.05, 0) is 93.1 Å². The Labute approximate surface area is 522 Å². The van der Waals surface area contributed by atoms with Gasteiger partial charge in [0.2, 0.25) is 0 Å².